The predicted molar refractivity (Wildman–Crippen MR) is 91.3 cm³/mol. The molecule has 0 heterocycles. The maximum absolute atomic E-state index is 11.9. The van der Waals surface area contributed by atoms with Gasteiger partial charge in [-0.15, -0.1) is 0 Å². The average molecular weight is 328 g/mol. The number of esters is 1. The molecule has 2 aromatic carbocycles. The van der Waals surface area contributed by atoms with Crippen LogP contribution < -0.4 is 15.4 Å². The summed E-state index contributed by atoms with van der Waals surface area (Å²) in [6.45, 7) is 4.05. The summed E-state index contributed by atoms with van der Waals surface area (Å²) in [5, 5.41) is 5.22. The lowest BCUT2D eigenvalue weighted by atomic mass is 10.1. The Morgan fingerprint density at radius 3 is 2.54 bits per heavy atom. The first-order valence-electron chi connectivity index (χ1n) is 7.43. The van der Waals surface area contributed by atoms with Gasteiger partial charge in [0.15, 0.2) is 6.73 Å². The Labute approximate surface area is 140 Å². The number of urea groups is 1. The summed E-state index contributed by atoms with van der Waals surface area (Å²) in [6, 6.07) is 11.8. The highest BCUT2D eigenvalue weighted by Crippen LogP contribution is 2.16. The number of ether oxygens (including phenoxy) is 2. The first-order chi connectivity index (χ1) is 11.5. The number of benzene rings is 2. The summed E-state index contributed by atoms with van der Waals surface area (Å²) < 4.78 is 10.1. The fraction of sp³-hybridized carbons (Fsp3) is 0.222. The average Bonchev–Trinajstić information content (AvgIpc) is 2.57. The van der Waals surface area contributed by atoms with Gasteiger partial charge in [0.2, 0.25) is 0 Å². The van der Waals surface area contributed by atoms with Gasteiger partial charge in [-0.05, 0) is 55.3 Å². The molecular formula is C18H20N2O4. The molecule has 0 fully saturated rings. The Hall–Kier alpha value is -3.02. The van der Waals surface area contributed by atoms with Crippen molar-refractivity contribution in [2.45, 2.75) is 13.8 Å². The van der Waals surface area contributed by atoms with E-state index in [1.165, 1.54) is 18.7 Å². The van der Waals surface area contributed by atoms with Crippen molar-refractivity contribution >= 4 is 17.7 Å². The van der Waals surface area contributed by atoms with Crippen molar-refractivity contribution in [1.82, 2.24) is 5.32 Å². The first-order valence-corrected chi connectivity index (χ1v) is 7.43. The Bertz CT molecular complexity index is 744. The van der Waals surface area contributed by atoms with Crippen LogP contribution in [-0.4, -0.2) is 25.8 Å². The first kappa shape index (κ1) is 17.3. The summed E-state index contributed by atoms with van der Waals surface area (Å²) in [5.41, 5.74) is 3.15. The van der Waals surface area contributed by atoms with Crippen molar-refractivity contribution in [3.8, 4) is 5.75 Å². The molecule has 2 rings (SSSR count). The quantitative estimate of drug-likeness (QED) is 0.652. The van der Waals surface area contributed by atoms with Crippen LogP contribution in [-0.2, 0) is 4.74 Å². The lowest BCUT2D eigenvalue weighted by Crippen LogP contribution is -2.32. The predicted octanol–water partition coefficient (Wildman–Crippen LogP) is 3.25. The van der Waals surface area contributed by atoms with E-state index in [1.807, 2.05) is 32.0 Å². The largest absolute Gasteiger partial charge is 0.473 e. The molecule has 126 valence electrons. The molecule has 0 saturated carbocycles. The number of carbonyl (C=O) groups excluding carboxylic acids is 2. The Morgan fingerprint density at radius 2 is 1.83 bits per heavy atom. The highest BCUT2D eigenvalue weighted by atomic mass is 16.5. The maximum Gasteiger partial charge on any atom is 0.337 e. The summed E-state index contributed by atoms with van der Waals surface area (Å²) in [4.78, 5) is 23.3. The van der Waals surface area contributed by atoms with Crippen molar-refractivity contribution in [2.75, 3.05) is 19.2 Å². The van der Waals surface area contributed by atoms with E-state index in [2.05, 4.69) is 15.4 Å². The second-order valence-corrected chi connectivity index (χ2v) is 5.24. The van der Waals surface area contributed by atoms with Crippen molar-refractivity contribution in [1.29, 1.82) is 0 Å². The molecule has 2 aromatic rings. The Kier molecular flexibility index (Phi) is 5.78. The van der Waals surface area contributed by atoms with Crippen LogP contribution in [0.25, 0.3) is 0 Å². The highest BCUT2D eigenvalue weighted by molar-refractivity contribution is 5.93. The van der Waals surface area contributed by atoms with E-state index in [0.717, 1.165) is 5.56 Å². The smallest absolute Gasteiger partial charge is 0.337 e. The van der Waals surface area contributed by atoms with Crippen molar-refractivity contribution in [2.24, 2.45) is 0 Å². The van der Waals surface area contributed by atoms with Gasteiger partial charge in [0, 0.05) is 5.69 Å². The van der Waals surface area contributed by atoms with E-state index in [0.29, 0.717) is 17.0 Å². The summed E-state index contributed by atoms with van der Waals surface area (Å²) in [5.74, 6) is 0.225. The Balaban J connectivity index is 1.85. The van der Waals surface area contributed by atoms with Crippen molar-refractivity contribution < 1.29 is 19.1 Å². The van der Waals surface area contributed by atoms with E-state index in [1.54, 1.807) is 18.2 Å². The van der Waals surface area contributed by atoms with E-state index in [4.69, 9.17) is 4.74 Å². The molecule has 6 heteroatoms. The van der Waals surface area contributed by atoms with Gasteiger partial charge in [-0.25, -0.2) is 9.59 Å². The number of anilines is 1. The number of methoxy groups -OCH3 is 1. The van der Waals surface area contributed by atoms with Crippen LogP contribution in [0.3, 0.4) is 0 Å². The minimum atomic E-state index is -0.461. The van der Waals surface area contributed by atoms with Crippen molar-refractivity contribution in [3.05, 3.63) is 59.2 Å². The second-order valence-electron chi connectivity index (χ2n) is 5.24. The van der Waals surface area contributed by atoms with E-state index < -0.39 is 12.0 Å². The highest BCUT2D eigenvalue weighted by Gasteiger charge is 2.07. The van der Waals surface area contributed by atoms with Gasteiger partial charge in [0.05, 0.1) is 12.7 Å². The molecule has 0 spiro atoms. The second kappa shape index (κ2) is 8.01. The van der Waals surface area contributed by atoms with Gasteiger partial charge in [0.25, 0.3) is 0 Å². The topological polar surface area (TPSA) is 76.7 Å². The zero-order valence-electron chi connectivity index (χ0n) is 13.9. The number of carbonyl (C=O) groups is 2. The molecule has 6 nitrogen and oxygen atoms in total. The molecule has 2 amide bonds. The van der Waals surface area contributed by atoms with Gasteiger partial charge >= 0.3 is 12.0 Å². The monoisotopic (exact) mass is 328 g/mol. The van der Waals surface area contributed by atoms with Crippen LogP contribution in [0.5, 0.6) is 5.75 Å². The van der Waals surface area contributed by atoms with Gasteiger partial charge in [-0.1, -0.05) is 12.1 Å². The van der Waals surface area contributed by atoms with Crippen LogP contribution in [0.4, 0.5) is 10.5 Å². The number of hydrogen-bond acceptors (Lipinski definition) is 4. The SMILES string of the molecule is COC(=O)c1cccc(NC(=O)NCOc2ccc(C)c(C)c2)c1. The number of amides is 2. The fourth-order valence-electron chi connectivity index (χ4n) is 2.01. The molecule has 0 unspecified atom stereocenters. The number of nitrogens with one attached hydrogen (secondary N) is 2. The molecule has 2 N–H and O–H groups in total. The van der Waals surface area contributed by atoms with Crippen molar-refractivity contribution in [3.63, 3.8) is 0 Å². The van der Waals surface area contributed by atoms with Crippen LogP contribution in [0.15, 0.2) is 42.5 Å². The standard InChI is InChI=1S/C18H20N2O4/c1-12-7-8-16(9-13(12)2)24-11-19-18(22)20-15-6-4-5-14(10-15)17(21)23-3/h4-10H,11H2,1-3H3,(H2,19,20,22). The van der Waals surface area contributed by atoms with Crippen LogP contribution >= 0.6 is 0 Å². The minimum absolute atomic E-state index is 0.0328. The Morgan fingerprint density at radius 1 is 1.04 bits per heavy atom. The third kappa shape index (κ3) is 4.74. The van der Waals surface area contributed by atoms with Crippen LogP contribution in [0.2, 0.25) is 0 Å². The van der Waals surface area contributed by atoms with Gasteiger partial charge < -0.3 is 20.1 Å². The zero-order valence-corrected chi connectivity index (χ0v) is 13.9. The van der Waals surface area contributed by atoms with Crippen LogP contribution in [0, 0.1) is 13.8 Å². The zero-order chi connectivity index (χ0) is 17.5. The van der Waals surface area contributed by atoms with E-state index in [-0.39, 0.29) is 6.73 Å². The molecule has 0 aliphatic carbocycles. The molecule has 0 saturated heterocycles. The van der Waals surface area contributed by atoms with E-state index >= 15 is 0 Å². The molecule has 24 heavy (non-hydrogen) atoms. The fourth-order valence-corrected chi connectivity index (χ4v) is 2.01. The molecule has 0 aliphatic rings. The lowest BCUT2D eigenvalue weighted by molar-refractivity contribution is 0.0600. The summed E-state index contributed by atoms with van der Waals surface area (Å²) >= 11 is 0. The van der Waals surface area contributed by atoms with E-state index in [9.17, 15) is 9.59 Å². The molecule has 0 aromatic heterocycles. The minimum Gasteiger partial charge on any atom is -0.473 e. The number of aryl methyl sites for hydroxylation is 2. The normalized spacial score (nSPS) is 9.96. The third-order valence-corrected chi connectivity index (χ3v) is 3.49. The molecule has 0 aliphatic heterocycles. The summed E-state index contributed by atoms with van der Waals surface area (Å²) in [7, 11) is 1.30. The number of rotatable bonds is 5. The van der Waals surface area contributed by atoms with Gasteiger partial charge in [-0.2, -0.15) is 0 Å². The van der Waals surface area contributed by atoms with Crippen LogP contribution in [0.1, 0.15) is 21.5 Å². The molecule has 0 atom stereocenters. The van der Waals surface area contributed by atoms with Gasteiger partial charge in [-0.3, -0.25) is 0 Å². The van der Waals surface area contributed by atoms with Gasteiger partial charge in [0.1, 0.15) is 5.75 Å². The molecule has 0 radical (unpaired) electrons. The maximum atomic E-state index is 11.9. The molecule has 0 bridgehead atoms. The third-order valence-electron chi connectivity index (χ3n) is 3.49. The number of hydrogen-bond donors (Lipinski definition) is 2. The lowest BCUT2D eigenvalue weighted by Gasteiger charge is -2.11. The summed E-state index contributed by atoms with van der Waals surface area (Å²) in [6.07, 6.45) is 0. The molecular weight excluding hydrogens is 308 g/mol.